The first-order valence-corrected chi connectivity index (χ1v) is 26.1. The number of anilines is 2. The first-order chi connectivity index (χ1) is 27.4. The van der Waals surface area contributed by atoms with Gasteiger partial charge in [0.05, 0.1) is 0 Å². The zero-order valence-electron chi connectivity index (χ0n) is 33.3. The van der Waals surface area contributed by atoms with Crippen LogP contribution in [0.3, 0.4) is 0 Å². The predicted octanol–water partition coefficient (Wildman–Crippen LogP) is 10.5. The number of hydrogen-bond donors (Lipinski definition) is 1. The molecule has 3 aromatic carbocycles. The van der Waals surface area contributed by atoms with Gasteiger partial charge < -0.3 is 0 Å². The standard InChI is InChI=1S/C50H54N2O2.2Pb/c1-4-33-28-34(5-2)30-41(29-33)46-37(20-18-35(6-3)44-31-39-14-8-23-51-25-10-16-42(47(39)51)49(44)53)12-7-13-38(46)21-19-36-22-27-54-50-43-17-11-26-52-24-9-15-40(48(43)52)32-45(36)50;;/h6,18-22,28-32,53H,3-5,7-17,23-26H2,1-2H3;;/b20-18+,35-6-,36-19+,38-21+;;. The topological polar surface area (TPSA) is 35.9 Å². The normalized spacial score (nSPS) is 20.6. The molecule has 0 fully saturated rings. The van der Waals surface area contributed by atoms with Crippen LogP contribution >= 0.6 is 0 Å². The molecule has 6 aliphatic rings. The summed E-state index contributed by atoms with van der Waals surface area (Å²) in [5.41, 5.74) is 21.6. The summed E-state index contributed by atoms with van der Waals surface area (Å²) in [6.07, 6.45) is 28.7. The van der Waals surface area contributed by atoms with Gasteiger partial charge >= 0.3 is 370 Å². The third-order valence-corrected chi connectivity index (χ3v) is 14.8. The molecule has 1 aliphatic carbocycles. The van der Waals surface area contributed by atoms with Crippen LogP contribution in [0.5, 0.6) is 11.5 Å². The van der Waals surface area contributed by atoms with E-state index < -0.39 is 0 Å². The zero-order valence-corrected chi connectivity index (χ0v) is 41.1. The van der Waals surface area contributed by atoms with Gasteiger partial charge in [0.1, 0.15) is 0 Å². The fourth-order valence-electron chi connectivity index (χ4n) is 10.4. The maximum absolute atomic E-state index is 11.9. The number of allylic oxidation sites excluding steroid dienone is 11. The average Bonchev–Trinajstić information content (AvgIpc) is 3.23. The number of rotatable bonds is 8. The number of aryl methyl sites for hydroxylation is 4. The summed E-state index contributed by atoms with van der Waals surface area (Å²) >= 11 is 1.98. The Morgan fingerprint density at radius 2 is 1.43 bits per heavy atom. The summed E-state index contributed by atoms with van der Waals surface area (Å²) in [6.45, 7) is 9.14. The van der Waals surface area contributed by atoms with Gasteiger partial charge in [-0.05, 0) is 0 Å². The molecule has 0 saturated carbocycles. The number of aromatic hydroxyl groups is 1. The summed E-state index contributed by atoms with van der Waals surface area (Å²) in [5.74, 6) is 1.64. The fourth-order valence-corrected chi connectivity index (χ4v) is 12.3. The van der Waals surface area contributed by atoms with E-state index >= 15 is 0 Å². The number of benzene rings is 3. The Kier molecular flexibility index (Phi) is 11.6. The minimum atomic E-state index is 0.515. The molecule has 5 aliphatic heterocycles. The summed E-state index contributed by atoms with van der Waals surface area (Å²) in [7, 11) is 0. The second-order valence-electron chi connectivity index (χ2n) is 16.5. The molecular formula is C50H54N2O2Pb2. The molecule has 3 aromatic rings. The van der Waals surface area contributed by atoms with Crippen LogP contribution in [0.15, 0.2) is 81.3 Å². The molecule has 0 unspecified atom stereocenters. The van der Waals surface area contributed by atoms with Crippen molar-refractivity contribution < 1.29 is 9.84 Å². The number of nitrogens with zero attached hydrogens (tertiary/aromatic N) is 2. The van der Waals surface area contributed by atoms with Crippen LogP contribution < -0.4 is 14.5 Å². The van der Waals surface area contributed by atoms with Gasteiger partial charge in [0, 0.05) is 0 Å². The van der Waals surface area contributed by atoms with Gasteiger partial charge in [0.15, 0.2) is 0 Å². The van der Waals surface area contributed by atoms with Crippen molar-refractivity contribution in [3.05, 3.63) is 131 Å². The number of phenolic OH excluding ortho intramolecular Hbond substituents is 1. The van der Waals surface area contributed by atoms with Gasteiger partial charge in [-0.15, -0.1) is 0 Å². The van der Waals surface area contributed by atoms with Crippen molar-refractivity contribution in [2.45, 2.75) is 101 Å². The Hall–Kier alpha value is -2.86. The van der Waals surface area contributed by atoms with Gasteiger partial charge in [-0.3, -0.25) is 0 Å². The minimum absolute atomic E-state index is 0.515. The van der Waals surface area contributed by atoms with E-state index in [0.717, 1.165) is 147 Å². The molecule has 0 spiro atoms. The van der Waals surface area contributed by atoms with Crippen molar-refractivity contribution in [1.29, 1.82) is 0 Å². The van der Waals surface area contributed by atoms with Gasteiger partial charge in [-0.25, -0.2) is 0 Å². The van der Waals surface area contributed by atoms with Crippen LogP contribution in [0.1, 0.15) is 109 Å². The van der Waals surface area contributed by atoms with E-state index in [2.05, 4.69) is 90.4 Å². The van der Waals surface area contributed by atoms with Crippen molar-refractivity contribution >= 4 is 79.6 Å². The SMILES string of the molecule is CCc1cc(CC)cc(C2=C(/C=C/C(=C/[CH2][Pb])c3cc4c5c(c3O)CCCN5CCC4)CCC/C2=C\C=C2/C=[C]([Pb])Oc3c2cc2c4c3CCCN4CCC2)c1. The number of phenols is 1. The molecule has 5 heterocycles. The maximum atomic E-state index is 11.9. The molecule has 9 rings (SSSR count). The first-order valence-electron chi connectivity index (χ1n) is 21.4. The van der Waals surface area contributed by atoms with Crippen LogP contribution in [-0.2, 0) is 38.5 Å². The number of hydrogen-bond acceptors (Lipinski definition) is 4. The van der Waals surface area contributed by atoms with E-state index in [-0.39, 0.29) is 0 Å². The Labute approximate surface area is 366 Å². The molecule has 0 aromatic heterocycles. The van der Waals surface area contributed by atoms with Crippen molar-refractivity contribution in [2.75, 3.05) is 36.0 Å². The molecule has 6 heteroatoms. The quantitative estimate of drug-likeness (QED) is 0.180. The summed E-state index contributed by atoms with van der Waals surface area (Å²) in [4.78, 5) is 5.15. The fraction of sp³-hybridized carbons (Fsp3) is 0.400. The Balaban J connectivity index is 1.16. The molecule has 4 nitrogen and oxygen atoms in total. The molecule has 6 radical (unpaired) electrons. The van der Waals surface area contributed by atoms with E-state index in [1.54, 1.807) is 0 Å². The summed E-state index contributed by atoms with van der Waals surface area (Å²) in [5, 5.41) is 11.9. The predicted molar refractivity (Wildman–Crippen MR) is 236 cm³/mol. The molecule has 1 N–H and O–H groups in total. The van der Waals surface area contributed by atoms with Crippen LogP contribution in [0.2, 0.25) is 3.98 Å². The van der Waals surface area contributed by atoms with Gasteiger partial charge in [-0.1, -0.05) is 0 Å². The van der Waals surface area contributed by atoms with Gasteiger partial charge in [0.2, 0.25) is 0 Å². The van der Waals surface area contributed by atoms with Gasteiger partial charge in [0.25, 0.3) is 0 Å². The van der Waals surface area contributed by atoms with Gasteiger partial charge in [-0.2, -0.15) is 0 Å². The average molecular weight is 1130 g/mol. The molecule has 0 atom stereocenters. The van der Waals surface area contributed by atoms with E-state index in [4.69, 9.17) is 4.74 Å². The molecule has 0 saturated heterocycles. The zero-order chi connectivity index (χ0) is 38.3. The number of fused-ring (bicyclic) bond motifs is 2. The Morgan fingerprint density at radius 3 is 2.12 bits per heavy atom. The molecule has 0 bridgehead atoms. The Morgan fingerprint density at radius 1 is 0.768 bits per heavy atom. The van der Waals surface area contributed by atoms with E-state index in [9.17, 15) is 5.11 Å². The number of ether oxygens (including phenoxy) is 1. The second-order valence-corrected chi connectivity index (χ2v) is 20.0. The van der Waals surface area contributed by atoms with Crippen LogP contribution in [0, 0.1) is 0 Å². The summed E-state index contributed by atoms with van der Waals surface area (Å²) in [6, 6.07) is 12.1. The second kappa shape index (κ2) is 16.8. The third-order valence-electron chi connectivity index (χ3n) is 13.0. The third kappa shape index (κ3) is 7.36. The van der Waals surface area contributed by atoms with Crippen molar-refractivity contribution in [2.24, 2.45) is 0 Å². The molecule has 56 heavy (non-hydrogen) atoms. The van der Waals surface area contributed by atoms with E-state index in [1.165, 1.54) is 116 Å². The van der Waals surface area contributed by atoms with Crippen molar-refractivity contribution in [3.63, 3.8) is 0 Å². The monoisotopic (exact) mass is 1130 g/mol. The molecule has 0 amide bonds. The van der Waals surface area contributed by atoms with E-state index in [1.807, 2.05) is 0 Å². The van der Waals surface area contributed by atoms with Crippen molar-refractivity contribution in [3.8, 4) is 11.5 Å². The molecular weight excluding hydrogens is 1070 g/mol. The molecule has 284 valence electrons. The van der Waals surface area contributed by atoms with Crippen LogP contribution in [0.25, 0.3) is 16.7 Å². The van der Waals surface area contributed by atoms with E-state index in [0.29, 0.717) is 5.75 Å². The Bertz CT molecular complexity index is 2240. The van der Waals surface area contributed by atoms with Crippen LogP contribution in [-0.4, -0.2) is 82.8 Å². The van der Waals surface area contributed by atoms with Crippen molar-refractivity contribution in [1.82, 2.24) is 0 Å². The van der Waals surface area contributed by atoms with Crippen LogP contribution in [0.4, 0.5) is 11.4 Å². The first kappa shape index (κ1) is 38.7. The summed E-state index contributed by atoms with van der Waals surface area (Å²) < 4.78 is 8.82.